The molecule has 1 aliphatic rings. The number of aliphatic imine (C=N–C) groups is 1. The minimum Gasteiger partial charge on any atom is -0.465 e. The molecular formula is C28H26N4O5S3. The van der Waals surface area contributed by atoms with E-state index in [1.165, 1.54) is 18.4 Å². The van der Waals surface area contributed by atoms with Crippen LogP contribution in [0.5, 0.6) is 0 Å². The lowest BCUT2D eigenvalue weighted by molar-refractivity contribution is 0.0601. The van der Waals surface area contributed by atoms with Crippen LogP contribution in [-0.2, 0) is 21.5 Å². The maximum absolute atomic E-state index is 12.3. The summed E-state index contributed by atoms with van der Waals surface area (Å²) in [4.78, 5) is 22.2. The van der Waals surface area contributed by atoms with Crippen LogP contribution >= 0.6 is 23.1 Å². The van der Waals surface area contributed by atoms with Crippen molar-refractivity contribution in [3.8, 4) is 11.3 Å². The predicted octanol–water partition coefficient (Wildman–Crippen LogP) is 5.75. The number of aryl methyl sites for hydroxylation is 1. The second-order valence-corrected chi connectivity index (χ2v) is 12.0. The van der Waals surface area contributed by atoms with Crippen molar-refractivity contribution in [3.63, 3.8) is 0 Å². The van der Waals surface area contributed by atoms with E-state index in [4.69, 9.17) is 14.7 Å². The van der Waals surface area contributed by atoms with Gasteiger partial charge in [0.25, 0.3) is 0 Å². The maximum Gasteiger partial charge on any atom is 0.357 e. The quantitative estimate of drug-likeness (QED) is 0.156. The highest BCUT2D eigenvalue weighted by atomic mass is 32.2. The summed E-state index contributed by atoms with van der Waals surface area (Å²) in [6.45, 7) is 0. The molecule has 12 heteroatoms. The number of thioether (sulfide) groups is 1. The van der Waals surface area contributed by atoms with Gasteiger partial charge in [-0.2, -0.15) is 8.42 Å². The van der Waals surface area contributed by atoms with Crippen molar-refractivity contribution in [2.75, 3.05) is 22.9 Å². The molecule has 40 heavy (non-hydrogen) atoms. The summed E-state index contributed by atoms with van der Waals surface area (Å²) < 4.78 is 39.4. The molecule has 0 spiro atoms. The number of thiazole rings is 1. The summed E-state index contributed by atoms with van der Waals surface area (Å²) in [5, 5.41) is 6.95. The highest BCUT2D eigenvalue weighted by molar-refractivity contribution is 8.14. The molecule has 9 nitrogen and oxygen atoms in total. The standard InChI is InChI=1S/C28H26N4O5S3/c1-37-26(33)22-13-7-6-12-21(22)24-17-38-27(29-24)31-28(18-39-25(30-28)20-10-3-2-4-11-20)16-15-19-9-5-8-14-23(19)32-40(34,35)36/h2-14,17,32H,15-16,18H2,1H3,(H,29,31)(H,34,35,36). The molecule has 0 radical (unpaired) electrons. The summed E-state index contributed by atoms with van der Waals surface area (Å²) in [5.74, 6) is 0.190. The van der Waals surface area contributed by atoms with Crippen LogP contribution in [0.4, 0.5) is 10.8 Å². The number of esters is 1. The first kappa shape index (κ1) is 27.8. The normalized spacial score (nSPS) is 16.8. The van der Waals surface area contributed by atoms with Crippen molar-refractivity contribution in [3.05, 3.63) is 101 Å². The summed E-state index contributed by atoms with van der Waals surface area (Å²) in [6.07, 6.45) is 0.995. The van der Waals surface area contributed by atoms with Gasteiger partial charge in [-0.25, -0.2) is 14.8 Å². The van der Waals surface area contributed by atoms with Crippen LogP contribution in [0.2, 0.25) is 0 Å². The second-order valence-electron chi connectivity index (χ2n) is 9.04. The minimum atomic E-state index is -4.42. The lowest BCUT2D eigenvalue weighted by Gasteiger charge is -2.27. The van der Waals surface area contributed by atoms with Crippen molar-refractivity contribution in [2.24, 2.45) is 4.99 Å². The van der Waals surface area contributed by atoms with Crippen molar-refractivity contribution >= 4 is 55.2 Å². The molecule has 1 aromatic heterocycles. The summed E-state index contributed by atoms with van der Waals surface area (Å²) in [5.41, 5.74) is 3.06. The monoisotopic (exact) mass is 594 g/mol. The number of carbonyl (C=O) groups is 1. The van der Waals surface area contributed by atoms with E-state index < -0.39 is 21.9 Å². The van der Waals surface area contributed by atoms with Crippen LogP contribution in [-0.4, -0.2) is 47.5 Å². The molecule has 3 N–H and O–H groups in total. The van der Waals surface area contributed by atoms with E-state index in [0.29, 0.717) is 46.2 Å². The Morgan fingerprint density at radius 2 is 1.77 bits per heavy atom. The van der Waals surface area contributed by atoms with E-state index in [9.17, 15) is 17.8 Å². The van der Waals surface area contributed by atoms with Gasteiger partial charge in [-0.3, -0.25) is 9.27 Å². The van der Waals surface area contributed by atoms with E-state index in [2.05, 4.69) is 10.0 Å². The van der Waals surface area contributed by atoms with Crippen molar-refractivity contribution in [1.82, 2.24) is 4.98 Å². The van der Waals surface area contributed by atoms with Crippen LogP contribution < -0.4 is 10.0 Å². The molecule has 206 valence electrons. The number of carbonyl (C=O) groups excluding carboxylic acids is 1. The number of nitrogens with zero attached hydrogens (tertiary/aromatic N) is 2. The third-order valence-electron chi connectivity index (χ3n) is 6.30. The van der Waals surface area contributed by atoms with Gasteiger partial charge in [0.05, 0.1) is 24.1 Å². The molecule has 4 aromatic rings. The van der Waals surface area contributed by atoms with E-state index in [1.807, 2.05) is 60.0 Å². The number of para-hydroxylation sites is 1. The third-order valence-corrected chi connectivity index (χ3v) is 8.76. The van der Waals surface area contributed by atoms with E-state index in [-0.39, 0.29) is 0 Å². The average molecular weight is 595 g/mol. The number of nitrogens with one attached hydrogen (secondary N) is 2. The van der Waals surface area contributed by atoms with Gasteiger partial charge in [-0.15, -0.1) is 23.1 Å². The van der Waals surface area contributed by atoms with Gasteiger partial charge in [0.1, 0.15) is 10.7 Å². The highest BCUT2D eigenvalue weighted by Crippen LogP contribution is 2.38. The zero-order valence-corrected chi connectivity index (χ0v) is 23.9. The first-order valence-corrected chi connectivity index (χ1v) is 15.6. The van der Waals surface area contributed by atoms with Crippen molar-refractivity contribution < 1.29 is 22.5 Å². The largest absolute Gasteiger partial charge is 0.465 e. The van der Waals surface area contributed by atoms with Crippen molar-refractivity contribution in [1.29, 1.82) is 0 Å². The Kier molecular flexibility index (Phi) is 8.22. The van der Waals surface area contributed by atoms with E-state index >= 15 is 0 Å². The van der Waals surface area contributed by atoms with Crippen LogP contribution in [0, 0.1) is 0 Å². The minimum absolute atomic E-state index is 0.314. The zero-order valence-electron chi connectivity index (χ0n) is 21.4. The number of hydrogen-bond acceptors (Lipinski definition) is 9. The summed E-state index contributed by atoms with van der Waals surface area (Å²) >= 11 is 3.05. The lowest BCUT2D eigenvalue weighted by atomic mass is 10.0. The maximum atomic E-state index is 12.3. The van der Waals surface area contributed by atoms with Gasteiger partial charge in [0.15, 0.2) is 5.13 Å². The highest BCUT2D eigenvalue weighted by Gasteiger charge is 2.37. The average Bonchev–Trinajstić information content (AvgIpc) is 3.60. The molecule has 1 unspecified atom stereocenters. The molecule has 0 fully saturated rings. The lowest BCUT2D eigenvalue weighted by Crippen LogP contribution is -2.37. The number of ether oxygens (including phenoxy) is 1. The zero-order chi connectivity index (χ0) is 28.2. The van der Waals surface area contributed by atoms with Crippen LogP contribution in [0.25, 0.3) is 11.3 Å². The molecule has 0 bridgehead atoms. The fraction of sp³-hybridized carbons (Fsp3) is 0.179. The number of benzene rings is 3. The van der Waals surface area contributed by atoms with Gasteiger partial charge in [0, 0.05) is 22.3 Å². The Morgan fingerprint density at radius 3 is 2.55 bits per heavy atom. The van der Waals surface area contributed by atoms with Gasteiger partial charge < -0.3 is 10.1 Å². The van der Waals surface area contributed by atoms with Gasteiger partial charge >= 0.3 is 16.3 Å². The molecule has 0 saturated heterocycles. The predicted molar refractivity (Wildman–Crippen MR) is 161 cm³/mol. The SMILES string of the molecule is COC(=O)c1ccccc1-c1csc(NC2(CCc3ccccc3NS(=O)(=O)O)CSC(c3ccccc3)=N2)n1. The Labute approximate surface area is 240 Å². The molecule has 5 rings (SSSR count). The first-order chi connectivity index (χ1) is 19.3. The molecule has 3 aromatic carbocycles. The number of hydrogen-bond donors (Lipinski definition) is 3. The van der Waals surface area contributed by atoms with Gasteiger partial charge in [-0.05, 0) is 30.5 Å². The second kappa shape index (κ2) is 11.8. The number of rotatable bonds is 10. The number of methoxy groups -OCH3 is 1. The Bertz CT molecular complexity index is 1660. The molecule has 0 amide bonds. The molecule has 1 aliphatic heterocycles. The molecule has 2 heterocycles. The van der Waals surface area contributed by atoms with Gasteiger partial charge in [0.2, 0.25) is 0 Å². The summed E-state index contributed by atoms with van der Waals surface area (Å²) in [6, 6.07) is 24.0. The number of aromatic nitrogens is 1. The molecule has 1 atom stereocenters. The molecular weight excluding hydrogens is 569 g/mol. The van der Waals surface area contributed by atoms with Gasteiger partial charge in [-0.1, -0.05) is 66.7 Å². The summed E-state index contributed by atoms with van der Waals surface area (Å²) in [7, 11) is -3.07. The Balaban J connectivity index is 1.46. The van der Waals surface area contributed by atoms with Crippen LogP contribution in [0.15, 0.2) is 89.2 Å². The fourth-order valence-electron chi connectivity index (χ4n) is 4.40. The molecule has 0 saturated carbocycles. The molecule has 0 aliphatic carbocycles. The third kappa shape index (κ3) is 6.53. The Hall–Kier alpha value is -3.71. The number of anilines is 2. The topological polar surface area (TPSA) is 130 Å². The van der Waals surface area contributed by atoms with Crippen LogP contribution in [0.1, 0.15) is 27.9 Å². The first-order valence-electron chi connectivity index (χ1n) is 12.3. The fourth-order valence-corrected chi connectivity index (χ4v) is 6.88. The van der Waals surface area contributed by atoms with Crippen molar-refractivity contribution in [2.45, 2.75) is 18.5 Å². The van der Waals surface area contributed by atoms with E-state index in [0.717, 1.165) is 16.2 Å². The Morgan fingerprint density at radius 1 is 1.05 bits per heavy atom. The van der Waals surface area contributed by atoms with E-state index in [1.54, 1.807) is 36.0 Å². The smallest absolute Gasteiger partial charge is 0.357 e. The van der Waals surface area contributed by atoms with Crippen LogP contribution in [0.3, 0.4) is 0 Å².